The topological polar surface area (TPSA) is 75.7 Å². The number of likely N-dealkylation sites (tertiary alicyclic amines) is 1. The van der Waals surface area contributed by atoms with Crippen LogP contribution in [-0.2, 0) is 14.3 Å². The van der Waals surface area contributed by atoms with Crippen LogP contribution >= 0.6 is 0 Å². The second-order valence-corrected chi connectivity index (χ2v) is 7.46. The molecule has 0 bridgehead atoms. The van der Waals surface area contributed by atoms with E-state index in [-0.39, 0.29) is 24.8 Å². The van der Waals surface area contributed by atoms with E-state index in [2.05, 4.69) is 5.32 Å². The Morgan fingerprint density at radius 1 is 0.867 bits per heavy atom. The first kappa shape index (κ1) is 21.6. The molecule has 0 aromatic heterocycles. The number of ether oxygens (including phenoxy) is 1. The molecular formula is C24H28N2O4. The van der Waals surface area contributed by atoms with Crippen LogP contribution in [0.3, 0.4) is 0 Å². The molecule has 158 valence electrons. The number of nitrogens with one attached hydrogen (secondary N) is 1. The molecule has 0 radical (unpaired) electrons. The molecule has 1 aliphatic rings. The average Bonchev–Trinajstić information content (AvgIpc) is 3.08. The molecule has 6 nitrogen and oxygen atoms in total. The molecule has 0 spiro atoms. The predicted molar refractivity (Wildman–Crippen MR) is 114 cm³/mol. The number of carbonyl (C=O) groups is 3. The van der Waals surface area contributed by atoms with Gasteiger partial charge in [0.05, 0.1) is 12.5 Å². The van der Waals surface area contributed by atoms with Crippen LogP contribution in [0.25, 0.3) is 0 Å². The van der Waals surface area contributed by atoms with Crippen LogP contribution in [0.1, 0.15) is 54.1 Å². The first-order valence-electron chi connectivity index (χ1n) is 10.5. The zero-order chi connectivity index (χ0) is 21.2. The molecule has 1 atom stereocenters. The van der Waals surface area contributed by atoms with Gasteiger partial charge < -0.3 is 15.0 Å². The van der Waals surface area contributed by atoms with Gasteiger partial charge in [-0.3, -0.25) is 14.4 Å². The Hall–Kier alpha value is -3.15. The fourth-order valence-corrected chi connectivity index (χ4v) is 3.55. The summed E-state index contributed by atoms with van der Waals surface area (Å²) in [5.74, 6) is -0.937. The zero-order valence-electron chi connectivity index (χ0n) is 17.1. The van der Waals surface area contributed by atoms with Crippen LogP contribution < -0.4 is 5.32 Å². The maximum atomic E-state index is 12.6. The minimum Gasteiger partial charge on any atom is -0.455 e. The normalized spacial score (nSPS) is 15.0. The summed E-state index contributed by atoms with van der Waals surface area (Å²) in [7, 11) is 0. The Labute approximate surface area is 177 Å². The molecule has 0 aliphatic carbocycles. The molecule has 2 amide bonds. The lowest BCUT2D eigenvalue weighted by Crippen LogP contribution is -2.36. The van der Waals surface area contributed by atoms with E-state index in [4.69, 9.17) is 4.74 Å². The molecular weight excluding hydrogens is 380 g/mol. The highest BCUT2D eigenvalue weighted by Gasteiger charge is 2.22. The van der Waals surface area contributed by atoms with Crippen molar-refractivity contribution in [3.8, 4) is 0 Å². The highest BCUT2D eigenvalue weighted by atomic mass is 16.5. The second kappa shape index (κ2) is 11.1. The summed E-state index contributed by atoms with van der Waals surface area (Å²) >= 11 is 0. The van der Waals surface area contributed by atoms with E-state index >= 15 is 0 Å². The summed E-state index contributed by atoms with van der Waals surface area (Å²) in [4.78, 5) is 39.2. The van der Waals surface area contributed by atoms with Crippen molar-refractivity contribution in [3.63, 3.8) is 0 Å². The lowest BCUT2D eigenvalue weighted by Gasteiger charge is -2.21. The van der Waals surface area contributed by atoms with E-state index in [1.807, 2.05) is 36.4 Å². The monoisotopic (exact) mass is 408 g/mol. The van der Waals surface area contributed by atoms with E-state index in [0.29, 0.717) is 5.56 Å². The number of rotatable bonds is 7. The van der Waals surface area contributed by atoms with Crippen LogP contribution in [0.4, 0.5) is 0 Å². The van der Waals surface area contributed by atoms with E-state index in [1.54, 1.807) is 29.2 Å². The van der Waals surface area contributed by atoms with E-state index in [0.717, 1.165) is 44.3 Å². The average molecular weight is 408 g/mol. The summed E-state index contributed by atoms with van der Waals surface area (Å²) < 4.78 is 5.26. The lowest BCUT2D eigenvalue weighted by molar-refractivity contribution is -0.152. The van der Waals surface area contributed by atoms with Crippen LogP contribution in [0.5, 0.6) is 0 Å². The molecule has 1 heterocycles. The number of hydrogen-bond acceptors (Lipinski definition) is 4. The van der Waals surface area contributed by atoms with Gasteiger partial charge in [0.2, 0.25) is 0 Å². The van der Waals surface area contributed by atoms with Crippen LogP contribution in [0.2, 0.25) is 0 Å². The molecule has 1 fully saturated rings. The van der Waals surface area contributed by atoms with E-state index in [9.17, 15) is 14.4 Å². The third-order valence-corrected chi connectivity index (χ3v) is 5.23. The standard InChI is InChI=1S/C24H28N2O4/c27-22(26-15-9-1-2-10-16-26)18-30-23(28)17-21(19-11-5-3-6-12-19)25-24(29)20-13-7-4-8-14-20/h3-8,11-14,21H,1-2,9-10,15-18H2,(H,25,29). The van der Waals surface area contributed by atoms with Gasteiger partial charge in [-0.1, -0.05) is 61.4 Å². The Morgan fingerprint density at radius 2 is 1.47 bits per heavy atom. The van der Waals surface area contributed by atoms with E-state index in [1.165, 1.54) is 0 Å². The molecule has 1 N–H and O–H groups in total. The predicted octanol–water partition coefficient (Wildman–Crippen LogP) is 3.49. The van der Waals surface area contributed by atoms with Crippen molar-refractivity contribution in [2.45, 2.75) is 38.1 Å². The van der Waals surface area contributed by atoms with Crippen molar-refractivity contribution in [1.29, 1.82) is 0 Å². The van der Waals surface area contributed by atoms with Gasteiger partial charge in [0, 0.05) is 18.7 Å². The molecule has 2 aromatic rings. The summed E-state index contributed by atoms with van der Waals surface area (Å²) in [6.07, 6.45) is 4.19. The number of carbonyl (C=O) groups excluding carboxylic acids is 3. The van der Waals surface area contributed by atoms with Crippen molar-refractivity contribution in [3.05, 3.63) is 71.8 Å². The Balaban J connectivity index is 1.59. The van der Waals surface area contributed by atoms with Crippen LogP contribution in [0, 0.1) is 0 Å². The molecule has 30 heavy (non-hydrogen) atoms. The van der Waals surface area contributed by atoms with Gasteiger partial charge in [-0.05, 0) is 30.5 Å². The molecule has 2 aromatic carbocycles. The SMILES string of the molecule is O=C(CC(NC(=O)c1ccccc1)c1ccccc1)OCC(=O)N1CCCCCC1. The van der Waals surface area contributed by atoms with Gasteiger partial charge in [-0.15, -0.1) is 0 Å². The number of amides is 2. The minimum absolute atomic E-state index is 0.0458. The fraction of sp³-hybridized carbons (Fsp3) is 0.375. The third-order valence-electron chi connectivity index (χ3n) is 5.23. The van der Waals surface area contributed by atoms with Gasteiger partial charge in [0.1, 0.15) is 0 Å². The first-order chi connectivity index (χ1) is 14.6. The maximum Gasteiger partial charge on any atom is 0.308 e. The van der Waals surface area contributed by atoms with Gasteiger partial charge in [-0.25, -0.2) is 0 Å². The van der Waals surface area contributed by atoms with Crippen molar-refractivity contribution in [1.82, 2.24) is 10.2 Å². The second-order valence-electron chi connectivity index (χ2n) is 7.46. The quantitative estimate of drug-likeness (QED) is 0.712. The number of benzene rings is 2. The van der Waals surface area contributed by atoms with Crippen molar-refractivity contribution < 1.29 is 19.1 Å². The highest BCUT2D eigenvalue weighted by Crippen LogP contribution is 2.18. The Morgan fingerprint density at radius 3 is 2.10 bits per heavy atom. The smallest absolute Gasteiger partial charge is 0.308 e. The zero-order valence-corrected chi connectivity index (χ0v) is 17.1. The van der Waals surface area contributed by atoms with Crippen LogP contribution in [-0.4, -0.2) is 42.4 Å². The lowest BCUT2D eigenvalue weighted by atomic mass is 10.0. The first-order valence-corrected chi connectivity index (χ1v) is 10.5. The Bertz CT molecular complexity index is 831. The molecule has 0 saturated carbocycles. The summed E-state index contributed by atoms with van der Waals surface area (Å²) in [5.41, 5.74) is 1.32. The highest BCUT2D eigenvalue weighted by molar-refractivity contribution is 5.94. The van der Waals surface area contributed by atoms with Crippen LogP contribution in [0.15, 0.2) is 60.7 Å². The van der Waals surface area contributed by atoms with Gasteiger partial charge in [0.15, 0.2) is 6.61 Å². The molecule has 1 unspecified atom stereocenters. The van der Waals surface area contributed by atoms with Crippen molar-refractivity contribution in [2.24, 2.45) is 0 Å². The largest absolute Gasteiger partial charge is 0.455 e. The van der Waals surface area contributed by atoms with Crippen molar-refractivity contribution >= 4 is 17.8 Å². The number of esters is 1. The fourth-order valence-electron chi connectivity index (χ4n) is 3.55. The molecule has 1 saturated heterocycles. The summed E-state index contributed by atoms with van der Waals surface area (Å²) in [6, 6.07) is 17.6. The summed E-state index contributed by atoms with van der Waals surface area (Å²) in [6.45, 7) is 1.18. The number of nitrogens with zero attached hydrogens (tertiary/aromatic N) is 1. The number of hydrogen-bond donors (Lipinski definition) is 1. The third kappa shape index (κ3) is 6.44. The van der Waals surface area contributed by atoms with E-state index < -0.39 is 12.0 Å². The molecule has 3 rings (SSSR count). The summed E-state index contributed by atoms with van der Waals surface area (Å²) in [5, 5.41) is 2.90. The molecule has 1 aliphatic heterocycles. The van der Waals surface area contributed by atoms with Gasteiger partial charge in [-0.2, -0.15) is 0 Å². The maximum absolute atomic E-state index is 12.6. The van der Waals surface area contributed by atoms with Crippen molar-refractivity contribution in [2.75, 3.05) is 19.7 Å². The van der Waals surface area contributed by atoms with Gasteiger partial charge in [0.25, 0.3) is 11.8 Å². The van der Waals surface area contributed by atoms with Gasteiger partial charge >= 0.3 is 5.97 Å². The Kier molecular flexibility index (Phi) is 8.01. The molecule has 6 heteroatoms. The minimum atomic E-state index is -0.542.